The van der Waals surface area contributed by atoms with Crippen LogP contribution in [0, 0.1) is 20.8 Å². The van der Waals surface area contributed by atoms with E-state index in [2.05, 4.69) is 51.7 Å². The lowest BCUT2D eigenvalue weighted by Crippen LogP contribution is -2.48. The van der Waals surface area contributed by atoms with Crippen LogP contribution in [-0.2, 0) is 0 Å². The van der Waals surface area contributed by atoms with Crippen LogP contribution in [0.4, 0.5) is 0 Å². The number of likely N-dealkylation sites (tertiary alicyclic amines) is 1. The molecule has 0 aliphatic carbocycles. The lowest BCUT2D eigenvalue weighted by molar-refractivity contribution is 0.0207. The van der Waals surface area contributed by atoms with Crippen molar-refractivity contribution < 1.29 is 9.84 Å². The molecule has 1 fully saturated rings. The lowest BCUT2D eigenvalue weighted by atomic mass is 9.97. The van der Waals surface area contributed by atoms with Gasteiger partial charge in [0.25, 0.3) is 0 Å². The van der Waals surface area contributed by atoms with Crippen molar-refractivity contribution in [1.29, 1.82) is 0 Å². The number of benzene rings is 1. The molecule has 0 unspecified atom stereocenters. The smallest absolute Gasteiger partial charge is 0.122 e. The molecule has 1 aromatic carbocycles. The Bertz CT molecular complexity index is 490. The number of aliphatic hydroxyl groups excluding tert-OH is 1. The molecular weight excluding hydrogens is 274 g/mol. The molecule has 0 spiro atoms. The summed E-state index contributed by atoms with van der Waals surface area (Å²) in [5.41, 5.74) is 3.60. The zero-order valence-electron chi connectivity index (χ0n) is 14.7. The van der Waals surface area contributed by atoms with Gasteiger partial charge in [0.2, 0.25) is 0 Å². The monoisotopic (exact) mass is 305 g/mol. The first-order chi connectivity index (χ1) is 10.4. The van der Waals surface area contributed by atoms with Crippen LogP contribution in [0.25, 0.3) is 0 Å². The average Bonchev–Trinajstić information content (AvgIpc) is 2.45. The molecule has 1 saturated heterocycles. The molecule has 3 heteroatoms. The normalized spacial score (nSPS) is 24.3. The standard InChI is InChI=1S/C19H31NO2/c1-13-9-14(2)17(5)19(10-13)22-12-18(21)11-20-15(3)7-6-8-16(20)4/h9-10,15-16,18,21H,6-8,11-12H2,1-5H3/t15-,16+,18-/m1/s1. The van der Waals surface area contributed by atoms with Gasteiger partial charge in [-0.05, 0) is 70.2 Å². The fraction of sp³-hybridized carbons (Fsp3) is 0.684. The minimum absolute atomic E-state index is 0.361. The van der Waals surface area contributed by atoms with Crippen molar-refractivity contribution in [3.63, 3.8) is 0 Å². The molecule has 1 aliphatic rings. The molecule has 3 nitrogen and oxygen atoms in total. The minimum Gasteiger partial charge on any atom is -0.491 e. The maximum atomic E-state index is 10.4. The van der Waals surface area contributed by atoms with Crippen LogP contribution >= 0.6 is 0 Å². The van der Waals surface area contributed by atoms with Crippen molar-refractivity contribution in [2.45, 2.75) is 72.1 Å². The fourth-order valence-electron chi connectivity index (χ4n) is 3.47. The summed E-state index contributed by atoms with van der Waals surface area (Å²) < 4.78 is 5.90. The summed E-state index contributed by atoms with van der Waals surface area (Å²) >= 11 is 0. The van der Waals surface area contributed by atoms with E-state index < -0.39 is 6.10 Å². The quantitative estimate of drug-likeness (QED) is 0.902. The van der Waals surface area contributed by atoms with Crippen molar-refractivity contribution in [3.8, 4) is 5.75 Å². The van der Waals surface area contributed by atoms with E-state index in [1.54, 1.807) is 0 Å². The Hall–Kier alpha value is -1.06. The number of rotatable bonds is 5. The summed E-state index contributed by atoms with van der Waals surface area (Å²) in [5.74, 6) is 0.899. The number of aliphatic hydroxyl groups is 1. The molecule has 0 bridgehead atoms. The number of aryl methyl sites for hydroxylation is 2. The van der Waals surface area contributed by atoms with E-state index in [4.69, 9.17) is 4.74 Å². The Labute approximate surface area is 135 Å². The number of β-amino-alcohol motifs (C(OH)–C–C–N with tert-alkyl or cyclic N) is 1. The Kier molecular flexibility index (Phi) is 5.87. The van der Waals surface area contributed by atoms with Crippen LogP contribution in [0.3, 0.4) is 0 Å². The van der Waals surface area contributed by atoms with Crippen LogP contribution in [0.1, 0.15) is 49.8 Å². The molecule has 0 aromatic heterocycles. The maximum Gasteiger partial charge on any atom is 0.122 e. The van der Waals surface area contributed by atoms with Gasteiger partial charge in [-0.15, -0.1) is 0 Å². The summed E-state index contributed by atoms with van der Waals surface area (Å²) in [6.45, 7) is 11.8. The second kappa shape index (κ2) is 7.47. The van der Waals surface area contributed by atoms with Gasteiger partial charge in [-0.2, -0.15) is 0 Å². The highest BCUT2D eigenvalue weighted by atomic mass is 16.5. The molecule has 0 radical (unpaired) electrons. The van der Waals surface area contributed by atoms with Crippen LogP contribution in [0.2, 0.25) is 0 Å². The third-order valence-electron chi connectivity index (χ3n) is 4.99. The molecular formula is C19H31NO2. The van der Waals surface area contributed by atoms with E-state index in [1.807, 2.05) is 0 Å². The summed E-state index contributed by atoms with van der Waals surface area (Å²) in [7, 11) is 0. The maximum absolute atomic E-state index is 10.4. The van der Waals surface area contributed by atoms with Gasteiger partial charge in [-0.3, -0.25) is 4.90 Å². The molecule has 124 valence electrons. The van der Waals surface area contributed by atoms with Gasteiger partial charge in [-0.25, -0.2) is 0 Å². The van der Waals surface area contributed by atoms with E-state index in [0.29, 0.717) is 25.2 Å². The molecule has 2 rings (SSSR count). The first-order valence-electron chi connectivity index (χ1n) is 8.53. The Balaban J connectivity index is 1.91. The number of nitrogens with zero attached hydrogens (tertiary/aromatic N) is 1. The van der Waals surface area contributed by atoms with Crippen LogP contribution < -0.4 is 4.74 Å². The molecule has 1 N–H and O–H groups in total. The summed E-state index contributed by atoms with van der Waals surface area (Å²) in [5, 5.41) is 10.4. The van der Waals surface area contributed by atoms with Crippen molar-refractivity contribution in [1.82, 2.24) is 4.90 Å². The van der Waals surface area contributed by atoms with Crippen molar-refractivity contribution >= 4 is 0 Å². The fourth-order valence-corrected chi connectivity index (χ4v) is 3.47. The molecule has 3 atom stereocenters. The number of ether oxygens (including phenoxy) is 1. The number of piperidine rings is 1. The van der Waals surface area contributed by atoms with E-state index >= 15 is 0 Å². The highest BCUT2D eigenvalue weighted by Crippen LogP contribution is 2.25. The second-order valence-electron chi connectivity index (χ2n) is 7.00. The topological polar surface area (TPSA) is 32.7 Å². The molecule has 1 heterocycles. The zero-order valence-corrected chi connectivity index (χ0v) is 14.7. The van der Waals surface area contributed by atoms with Crippen molar-refractivity contribution in [2.75, 3.05) is 13.2 Å². The molecule has 22 heavy (non-hydrogen) atoms. The van der Waals surface area contributed by atoms with Gasteiger partial charge in [0.15, 0.2) is 0 Å². The first kappa shape index (κ1) is 17.3. The molecule has 1 aromatic rings. The Morgan fingerprint density at radius 2 is 1.82 bits per heavy atom. The average molecular weight is 305 g/mol. The summed E-state index contributed by atoms with van der Waals surface area (Å²) in [6, 6.07) is 5.33. The van der Waals surface area contributed by atoms with Crippen LogP contribution in [0.5, 0.6) is 5.75 Å². The largest absolute Gasteiger partial charge is 0.491 e. The Morgan fingerprint density at radius 1 is 1.18 bits per heavy atom. The molecule has 0 amide bonds. The van der Waals surface area contributed by atoms with Gasteiger partial charge in [-0.1, -0.05) is 12.5 Å². The van der Waals surface area contributed by atoms with Gasteiger partial charge in [0, 0.05) is 18.6 Å². The summed E-state index contributed by atoms with van der Waals surface area (Å²) in [6.07, 6.45) is 3.32. The Morgan fingerprint density at radius 3 is 2.45 bits per heavy atom. The number of hydrogen-bond donors (Lipinski definition) is 1. The van der Waals surface area contributed by atoms with E-state index in [0.717, 1.165) is 11.3 Å². The SMILES string of the molecule is Cc1cc(C)c(C)c(OC[C@H](O)CN2[C@H](C)CCC[C@@H]2C)c1. The highest BCUT2D eigenvalue weighted by Gasteiger charge is 2.26. The third-order valence-corrected chi connectivity index (χ3v) is 4.99. The minimum atomic E-state index is -0.441. The second-order valence-corrected chi connectivity index (χ2v) is 7.00. The molecule has 1 aliphatic heterocycles. The first-order valence-corrected chi connectivity index (χ1v) is 8.53. The van der Waals surface area contributed by atoms with Crippen molar-refractivity contribution in [2.24, 2.45) is 0 Å². The van der Waals surface area contributed by atoms with Crippen LogP contribution in [-0.4, -0.2) is 41.3 Å². The predicted molar refractivity (Wildman–Crippen MR) is 91.6 cm³/mol. The van der Waals surface area contributed by atoms with E-state index in [-0.39, 0.29) is 0 Å². The van der Waals surface area contributed by atoms with E-state index in [9.17, 15) is 5.11 Å². The van der Waals surface area contributed by atoms with Gasteiger partial charge in [0.1, 0.15) is 18.5 Å². The van der Waals surface area contributed by atoms with Crippen LogP contribution in [0.15, 0.2) is 12.1 Å². The lowest BCUT2D eigenvalue weighted by Gasteiger charge is -2.40. The van der Waals surface area contributed by atoms with Gasteiger partial charge >= 0.3 is 0 Å². The number of hydrogen-bond acceptors (Lipinski definition) is 3. The zero-order chi connectivity index (χ0) is 16.3. The molecule has 0 saturated carbocycles. The van der Waals surface area contributed by atoms with E-state index in [1.165, 1.54) is 30.4 Å². The van der Waals surface area contributed by atoms with Crippen molar-refractivity contribution in [3.05, 3.63) is 28.8 Å². The summed E-state index contributed by atoms with van der Waals surface area (Å²) in [4.78, 5) is 2.42. The third kappa shape index (κ3) is 4.23. The highest BCUT2D eigenvalue weighted by molar-refractivity contribution is 5.41. The predicted octanol–water partition coefficient (Wildman–Crippen LogP) is 3.61. The van der Waals surface area contributed by atoms with Gasteiger partial charge < -0.3 is 9.84 Å². The van der Waals surface area contributed by atoms with Gasteiger partial charge in [0.05, 0.1) is 0 Å².